The van der Waals surface area contributed by atoms with Gasteiger partial charge < -0.3 is 20.5 Å². The molecule has 2 aliphatic rings. The number of carbonyl (C=O) groups excluding carboxylic acids is 2. The summed E-state index contributed by atoms with van der Waals surface area (Å²) in [6.07, 6.45) is 1.29. The molecule has 4 rings (SSSR count). The van der Waals surface area contributed by atoms with Crippen molar-refractivity contribution in [3.05, 3.63) is 59.7 Å². The number of ether oxygens (including phenoxy) is 1. The Morgan fingerprint density at radius 2 is 1.62 bits per heavy atom. The second-order valence-corrected chi connectivity index (χ2v) is 9.63. The summed E-state index contributed by atoms with van der Waals surface area (Å²) in [5.41, 5.74) is 4.68. The van der Waals surface area contributed by atoms with Gasteiger partial charge in [0, 0.05) is 23.9 Å². The summed E-state index contributed by atoms with van der Waals surface area (Å²) in [5.74, 6) is -1.29. The number of amides is 2. The van der Waals surface area contributed by atoms with Crippen LogP contribution in [0.3, 0.4) is 0 Å². The quantitative estimate of drug-likeness (QED) is 0.540. The molecule has 2 amide bonds. The van der Waals surface area contributed by atoms with Crippen LogP contribution in [0.5, 0.6) is 0 Å². The summed E-state index contributed by atoms with van der Waals surface area (Å²) < 4.78 is 5.62. The highest BCUT2D eigenvalue weighted by molar-refractivity contribution is 5.81. The summed E-state index contributed by atoms with van der Waals surface area (Å²) in [6, 6.07) is 15.8. The highest BCUT2D eigenvalue weighted by Crippen LogP contribution is 2.44. The Labute approximate surface area is 199 Å². The molecule has 0 aromatic heterocycles. The molecular formula is C27H32N2O5. The minimum atomic E-state index is -0.930. The van der Waals surface area contributed by atoms with Crippen LogP contribution in [0, 0.1) is 11.8 Å². The molecule has 3 atom stereocenters. The molecular weight excluding hydrogens is 432 g/mol. The van der Waals surface area contributed by atoms with Gasteiger partial charge in [-0.15, -0.1) is 0 Å². The maximum atomic E-state index is 12.7. The van der Waals surface area contributed by atoms with E-state index in [1.165, 1.54) is 11.1 Å². The molecule has 0 aliphatic heterocycles. The lowest BCUT2D eigenvalue weighted by Gasteiger charge is -2.22. The van der Waals surface area contributed by atoms with Crippen LogP contribution in [0.25, 0.3) is 11.1 Å². The van der Waals surface area contributed by atoms with Crippen molar-refractivity contribution >= 4 is 18.0 Å². The molecule has 2 aromatic rings. The monoisotopic (exact) mass is 464 g/mol. The first-order valence-corrected chi connectivity index (χ1v) is 12.0. The van der Waals surface area contributed by atoms with E-state index in [0.29, 0.717) is 19.3 Å². The predicted octanol–water partition coefficient (Wildman–Crippen LogP) is 4.31. The van der Waals surface area contributed by atoms with E-state index in [0.717, 1.165) is 11.1 Å². The Kier molecular flexibility index (Phi) is 7.20. The van der Waals surface area contributed by atoms with Gasteiger partial charge in [-0.2, -0.15) is 0 Å². The third kappa shape index (κ3) is 5.24. The zero-order chi connectivity index (χ0) is 24.2. The van der Waals surface area contributed by atoms with Gasteiger partial charge in [-0.1, -0.05) is 62.4 Å². The first-order chi connectivity index (χ1) is 16.3. The zero-order valence-corrected chi connectivity index (χ0v) is 19.6. The van der Waals surface area contributed by atoms with Crippen molar-refractivity contribution < 1.29 is 24.2 Å². The average Bonchev–Trinajstić information content (AvgIpc) is 3.39. The molecule has 2 aliphatic carbocycles. The maximum Gasteiger partial charge on any atom is 0.407 e. The number of aliphatic carboxylic acids is 1. The Morgan fingerprint density at radius 3 is 2.21 bits per heavy atom. The van der Waals surface area contributed by atoms with Crippen LogP contribution >= 0.6 is 0 Å². The van der Waals surface area contributed by atoms with E-state index in [1.807, 2.05) is 38.1 Å². The molecule has 7 heteroatoms. The summed E-state index contributed by atoms with van der Waals surface area (Å²) in [6.45, 7) is 4.04. The number of nitrogens with one attached hydrogen (secondary N) is 2. The van der Waals surface area contributed by atoms with Gasteiger partial charge in [0.15, 0.2) is 0 Å². The van der Waals surface area contributed by atoms with Crippen molar-refractivity contribution in [1.29, 1.82) is 0 Å². The van der Waals surface area contributed by atoms with Crippen LogP contribution in [0.1, 0.15) is 56.6 Å². The molecule has 180 valence electrons. The van der Waals surface area contributed by atoms with E-state index < -0.39 is 18.1 Å². The van der Waals surface area contributed by atoms with E-state index in [-0.39, 0.29) is 42.7 Å². The van der Waals surface area contributed by atoms with Gasteiger partial charge in [-0.05, 0) is 47.4 Å². The molecule has 3 N–H and O–H groups in total. The van der Waals surface area contributed by atoms with E-state index in [1.54, 1.807) is 0 Å². The van der Waals surface area contributed by atoms with Crippen LogP contribution in [0.4, 0.5) is 4.79 Å². The summed E-state index contributed by atoms with van der Waals surface area (Å²) in [4.78, 5) is 36.3. The number of carboxylic acid groups (broad SMARTS) is 1. The summed E-state index contributed by atoms with van der Waals surface area (Å²) in [7, 11) is 0. The average molecular weight is 465 g/mol. The first-order valence-electron chi connectivity index (χ1n) is 12.0. The second kappa shape index (κ2) is 10.3. The van der Waals surface area contributed by atoms with E-state index in [9.17, 15) is 14.4 Å². The molecule has 7 nitrogen and oxygen atoms in total. The van der Waals surface area contributed by atoms with Gasteiger partial charge in [0.25, 0.3) is 0 Å². The van der Waals surface area contributed by atoms with Gasteiger partial charge >= 0.3 is 12.1 Å². The predicted molar refractivity (Wildman–Crippen MR) is 128 cm³/mol. The van der Waals surface area contributed by atoms with Crippen molar-refractivity contribution in [3.63, 3.8) is 0 Å². The molecule has 0 spiro atoms. The van der Waals surface area contributed by atoms with Crippen molar-refractivity contribution in [2.24, 2.45) is 11.8 Å². The molecule has 0 saturated heterocycles. The number of alkyl carbamates (subject to hydrolysis) is 1. The fraction of sp³-hybridized carbons (Fsp3) is 0.444. The SMILES string of the molecule is CC(C)C(CC(=O)O)NC(=O)[C@@H]1CC[C@H](NC(=O)OCC2c3ccccc3-c3ccccc32)C1. The van der Waals surface area contributed by atoms with E-state index >= 15 is 0 Å². The van der Waals surface area contributed by atoms with Gasteiger partial charge in [-0.3, -0.25) is 9.59 Å². The lowest BCUT2D eigenvalue weighted by atomic mass is 9.98. The number of carbonyl (C=O) groups is 3. The number of benzene rings is 2. The minimum Gasteiger partial charge on any atom is -0.481 e. The van der Waals surface area contributed by atoms with E-state index in [4.69, 9.17) is 9.84 Å². The lowest BCUT2D eigenvalue weighted by molar-refractivity contribution is -0.138. The molecule has 0 radical (unpaired) electrons. The van der Waals surface area contributed by atoms with Gasteiger partial charge in [0.1, 0.15) is 6.61 Å². The maximum absolute atomic E-state index is 12.7. The number of hydrogen-bond donors (Lipinski definition) is 3. The van der Waals surface area contributed by atoms with Gasteiger partial charge in [-0.25, -0.2) is 4.79 Å². The Balaban J connectivity index is 1.29. The molecule has 1 fully saturated rings. The summed E-state index contributed by atoms with van der Waals surface area (Å²) >= 11 is 0. The molecule has 34 heavy (non-hydrogen) atoms. The third-order valence-electron chi connectivity index (χ3n) is 7.00. The standard InChI is InChI=1S/C27H32N2O5/c1-16(2)24(14-25(30)31)29-26(32)17-11-12-18(13-17)28-27(33)34-15-23-21-9-5-3-7-19(21)20-8-4-6-10-22(20)23/h3-10,16-18,23-24H,11-15H2,1-2H3,(H,28,33)(H,29,32)(H,30,31)/t17-,18+,24?/m1/s1. The number of carboxylic acids is 1. The Bertz CT molecular complexity index is 1020. The minimum absolute atomic E-state index is 0.00227. The Hall–Kier alpha value is -3.35. The van der Waals surface area contributed by atoms with Crippen LogP contribution in [0.2, 0.25) is 0 Å². The lowest BCUT2D eigenvalue weighted by Crippen LogP contribution is -2.43. The van der Waals surface area contributed by atoms with Crippen LogP contribution in [-0.2, 0) is 14.3 Å². The van der Waals surface area contributed by atoms with E-state index in [2.05, 4.69) is 34.9 Å². The smallest absolute Gasteiger partial charge is 0.407 e. The van der Waals surface area contributed by atoms with Crippen LogP contribution < -0.4 is 10.6 Å². The Morgan fingerprint density at radius 1 is 1.00 bits per heavy atom. The fourth-order valence-electron chi connectivity index (χ4n) is 5.10. The number of rotatable bonds is 8. The molecule has 0 bridgehead atoms. The molecule has 0 heterocycles. The second-order valence-electron chi connectivity index (χ2n) is 9.63. The van der Waals surface area contributed by atoms with Gasteiger partial charge in [0.2, 0.25) is 5.91 Å². The van der Waals surface area contributed by atoms with Crippen molar-refractivity contribution in [1.82, 2.24) is 10.6 Å². The largest absolute Gasteiger partial charge is 0.481 e. The van der Waals surface area contributed by atoms with Gasteiger partial charge in [0.05, 0.1) is 6.42 Å². The normalized spacial score (nSPS) is 19.9. The van der Waals surface area contributed by atoms with Crippen LogP contribution in [0.15, 0.2) is 48.5 Å². The fourth-order valence-corrected chi connectivity index (χ4v) is 5.10. The van der Waals surface area contributed by atoms with Crippen molar-refractivity contribution in [2.75, 3.05) is 6.61 Å². The van der Waals surface area contributed by atoms with Crippen molar-refractivity contribution in [2.45, 2.75) is 57.5 Å². The molecule has 1 unspecified atom stereocenters. The van der Waals surface area contributed by atoms with Crippen molar-refractivity contribution in [3.8, 4) is 11.1 Å². The summed E-state index contributed by atoms with van der Waals surface area (Å²) in [5, 5.41) is 14.9. The number of hydrogen-bond acceptors (Lipinski definition) is 4. The highest BCUT2D eigenvalue weighted by Gasteiger charge is 2.33. The zero-order valence-electron chi connectivity index (χ0n) is 19.6. The molecule has 2 aromatic carbocycles. The molecule has 1 saturated carbocycles. The van der Waals surface area contributed by atoms with Crippen LogP contribution in [-0.4, -0.2) is 41.8 Å². The topological polar surface area (TPSA) is 105 Å². The first kappa shape index (κ1) is 23.8. The number of fused-ring (bicyclic) bond motifs is 3. The highest BCUT2D eigenvalue weighted by atomic mass is 16.5. The third-order valence-corrected chi connectivity index (χ3v) is 7.00.